The number of hydrogen-bond donors (Lipinski definition) is 2. The van der Waals surface area contributed by atoms with Gasteiger partial charge in [-0.05, 0) is 66.1 Å². The molecule has 2 N–H and O–H groups in total. The van der Waals surface area contributed by atoms with Crippen molar-refractivity contribution in [1.82, 2.24) is 4.90 Å². The molecule has 0 saturated carbocycles. The zero-order valence-corrected chi connectivity index (χ0v) is 16.0. The quantitative estimate of drug-likeness (QED) is 0.781. The molecule has 1 aliphatic rings. The van der Waals surface area contributed by atoms with E-state index in [9.17, 15) is 9.59 Å². The Balaban J connectivity index is 1.44. The first-order chi connectivity index (χ1) is 12.6. The van der Waals surface area contributed by atoms with Gasteiger partial charge in [-0.1, -0.05) is 30.3 Å². The normalized spacial score (nSPS) is 15.4. The molecule has 0 atom stereocenters. The third-order valence-electron chi connectivity index (χ3n) is 4.51. The van der Waals surface area contributed by atoms with Gasteiger partial charge in [0.25, 0.3) is 0 Å². The van der Waals surface area contributed by atoms with E-state index in [1.54, 1.807) is 0 Å². The summed E-state index contributed by atoms with van der Waals surface area (Å²) >= 11 is 3.43. The molecule has 0 radical (unpaired) electrons. The lowest BCUT2D eigenvalue weighted by molar-refractivity contribution is -0.121. The first kappa shape index (κ1) is 18.6. The first-order valence-electron chi connectivity index (χ1n) is 8.74. The lowest BCUT2D eigenvalue weighted by Gasteiger charge is -2.30. The zero-order valence-electron chi connectivity index (χ0n) is 14.5. The van der Waals surface area contributed by atoms with Crippen molar-refractivity contribution in [3.05, 3.63) is 59.1 Å². The number of hydrogen-bond acceptors (Lipinski definition) is 3. The van der Waals surface area contributed by atoms with Gasteiger partial charge in [-0.25, -0.2) is 0 Å². The number of para-hydroxylation sites is 2. The van der Waals surface area contributed by atoms with Crippen molar-refractivity contribution in [1.29, 1.82) is 0 Å². The van der Waals surface area contributed by atoms with Crippen LogP contribution in [0.5, 0.6) is 0 Å². The molecule has 0 spiro atoms. The highest BCUT2D eigenvalue weighted by molar-refractivity contribution is 9.10. The van der Waals surface area contributed by atoms with Gasteiger partial charge in [0.15, 0.2) is 0 Å². The summed E-state index contributed by atoms with van der Waals surface area (Å²) in [6.07, 6.45) is 1.53. The van der Waals surface area contributed by atoms with Crippen LogP contribution in [0.2, 0.25) is 0 Å². The van der Waals surface area contributed by atoms with E-state index in [2.05, 4.69) is 31.5 Å². The van der Waals surface area contributed by atoms with Crippen LogP contribution in [-0.2, 0) is 9.59 Å². The molecule has 1 aliphatic heterocycles. The fourth-order valence-corrected chi connectivity index (χ4v) is 3.46. The maximum absolute atomic E-state index is 12.4. The minimum atomic E-state index is -0.0379. The Hall–Kier alpha value is -2.18. The molecule has 0 unspecified atom stereocenters. The van der Waals surface area contributed by atoms with Crippen LogP contribution in [0.15, 0.2) is 59.1 Å². The Labute approximate surface area is 161 Å². The number of carbonyl (C=O) groups excluding carboxylic acids is 2. The SMILES string of the molecule is O=C(CN1CCC(C(=O)Nc2ccccc2)CC1)Nc1ccccc1Br. The molecule has 0 bridgehead atoms. The van der Waals surface area contributed by atoms with E-state index in [0.717, 1.165) is 41.8 Å². The molecule has 1 heterocycles. The zero-order chi connectivity index (χ0) is 18.4. The maximum atomic E-state index is 12.4. The Kier molecular flexibility index (Phi) is 6.41. The largest absolute Gasteiger partial charge is 0.326 e. The highest BCUT2D eigenvalue weighted by atomic mass is 79.9. The van der Waals surface area contributed by atoms with Gasteiger partial charge in [-0.2, -0.15) is 0 Å². The van der Waals surface area contributed by atoms with Crippen molar-refractivity contribution in [2.24, 2.45) is 5.92 Å². The van der Waals surface area contributed by atoms with Gasteiger partial charge in [0.05, 0.1) is 12.2 Å². The minimum absolute atomic E-state index is 0.00205. The Morgan fingerprint density at radius 1 is 0.962 bits per heavy atom. The van der Waals surface area contributed by atoms with Crippen LogP contribution < -0.4 is 10.6 Å². The van der Waals surface area contributed by atoms with Crippen molar-refractivity contribution in [2.75, 3.05) is 30.3 Å². The van der Waals surface area contributed by atoms with Crippen LogP contribution in [0.1, 0.15) is 12.8 Å². The lowest BCUT2D eigenvalue weighted by atomic mass is 9.96. The molecule has 2 aromatic carbocycles. The van der Waals surface area contributed by atoms with Crippen LogP contribution in [0.25, 0.3) is 0 Å². The molecule has 3 rings (SSSR count). The summed E-state index contributed by atoms with van der Waals surface area (Å²) in [4.78, 5) is 26.7. The average molecular weight is 416 g/mol. The van der Waals surface area contributed by atoms with E-state index >= 15 is 0 Å². The summed E-state index contributed by atoms with van der Waals surface area (Å²) in [7, 11) is 0. The highest BCUT2D eigenvalue weighted by Gasteiger charge is 2.26. The summed E-state index contributed by atoms with van der Waals surface area (Å²) in [5.41, 5.74) is 1.60. The van der Waals surface area contributed by atoms with Crippen LogP contribution in [0.4, 0.5) is 11.4 Å². The summed E-state index contributed by atoms with van der Waals surface area (Å²) in [5.74, 6) is 0.0235. The molecule has 0 aliphatic carbocycles. The monoisotopic (exact) mass is 415 g/mol. The molecule has 0 aromatic heterocycles. The van der Waals surface area contributed by atoms with Crippen molar-refractivity contribution in [2.45, 2.75) is 12.8 Å². The van der Waals surface area contributed by atoms with Crippen molar-refractivity contribution in [3.8, 4) is 0 Å². The highest BCUT2D eigenvalue weighted by Crippen LogP contribution is 2.22. The second-order valence-corrected chi connectivity index (χ2v) is 7.29. The van der Waals surface area contributed by atoms with Gasteiger partial charge in [0.1, 0.15) is 0 Å². The average Bonchev–Trinajstić information content (AvgIpc) is 2.65. The number of nitrogens with one attached hydrogen (secondary N) is 2. The standard InChI is InChI=1S/C20H22BrN3O2/c21-17-8-4-5-9-18(17)23-19(25)14-24-12-10-15(11-13-24)20(26)22-16-6-2-1-3-7-16/h1-9,15H,10-14H2,(H,22,26)(H,23,25). The van der Waals surface area contributed by atoms with E-state index in [0.29, 0.717) is 6.54 Å². The second kappa shape index (κ2) is 8.96. The molecule has 1 saturated heterocycles. The Bertz CT molecular complexity index is 759. The van der Waals surface area contributed by atoms with Gasteiger partial charge < -0.3 is 10.6 Å². The smallest absolute Gasteiger partial charge is 0.238 e. The third-order valence-corrected chi connectivity index (χ3v) is 5.21. The molecule has 2 aromatic rings. The van der Waals surface area contributed by atoms with E-state index in [1.165, 1.54) is 0 Å². The Morgan fingerprint density at radius 3 is 2.31 bits per heavy atom. The van der Waals surface area contributed by atoms with Crippen molar-refractivity contribution < 1.29 is 9.59 Å². The van der Waals surface area contributed by atoms with E-state index in [4.69, 9.17) is 0 Å². The molecular weight excluding hydrogens is 394 g/mol. The number of amides is 2. The molecule has 5 nitrogen and oxygen atoms in total. The fourth-order valence-electron chi connectivity index (χ4n) is 3.07. The predicted molar refractivity (Wildman–Crippen MR) is 107 cm³/mol. The number of rotatable bonds is 5. The molecule has 2 amide bonds. The molecule has 26 heavy (non-hydrogen) atoms. The van der Waals surface area contributed by atoms with Crippen LogP contribution >= 0.6 is 15.9 Å². The lowest BCUT2D eigenvalue weighted by Crippen LogP contribution is -2.41. The van der Waals surface area contributed by atoms with Crippen LogP contribution in [-0.4, -0.2) is 36.3 Å². The summed E-state index contributed by atoms with van der Waals surface area (Å²) in [6.45, 7) is 1.83. The van der Waals surface area contributed by atoms with E-state index in [-0.39, 0.29) is 17.7 Å². The second-order valence-electron chi connectivity index (χ2n) is 6.43. The predicted octanol–water partition coefficient (Wildman–Crippen LogP) is 3.74. The molecule has 136 valence electrons. The number of halogens is 1. The number of carbonyl (C=O) groups is 2. The van der Waals surface area contributed by atoms with Crippen molar-refractivity contribution >= 4 is 39.1 Å². The number of benzene rings is 2. The topological polar surface area (TPSA) is 61.4 Å². The third kappa shape index (κ3) is 5.16. The van der Waals surface area contributed by atoms with Gasteiger partial charge in [0.2, 0.25) is 11.8 Å². The van der Waals surface area contributed by atoms with Gasteiger partial charge in [-0.3, -0.25) is 14.5 Å². The summed E-state index contributed by atoms with van der Waals surface area (Å²) < 4.78 is 0.865. The van der Waals surface area contributed by atoms with E-state index < -0.39 is 0 Å². The summed E-state index contributed by atoms with van der Waals surface area (Å²) in [6, 6.07) is 17.1. The number of nitrogens with zero attached hydrogens (tertiary/aromatic N) is 1. The molecule has 1 fully saturated rings. The fraction of sp³-hybridized carbons (Fsp3) is 0.300. The number of likely N-dealkylation sites (tertiary alicyclic amines) is 1. The van der Waals surface area contributed by atoms with Gasteiger partial charge in [0, 0.05) is 16.1 Å². The van der Waals surface area contributed by atoms with Crippen LogP contribution in [0, 0.1) is 5.92 Å². The van der Waals surface area contributed by atoms with Gasteiger partial charge in [-0.15, -0.1) is 0 Å². The van der Waals surface area contributed by atoms with Crippen molar-refractivity contribution in [3.63, 3.8) is 0 Å². The number of piperidine rings is 1. The number of anilines is 2. The van der Waals surface area contributed by atoms with Gasteiger partial charge >= 0.3 is 0 Å². The molecular formula is C20H22BrN3O2. The minimum Gasteiger partial charge on any atom is -0.326 e. The Morgan fingerprint density at radius 2 is 1.62 bits per heavy atom. The van der Waals surface area contributed by atoms with E-state index in [1.807, 2.05) is 54.6 Å². The first-order valence-corrected chi connectivity index (χ1v) is 9.54. The maximum Gasteiger partial charge on any atom is 0.238 e. The summed E-state index contributed by atoms with van der Waals surface area (Å²) in [5, 5.41) is 5.88. The van der Waals surface area contributed by atoms with Crippen LogP contribution in [0.3, 0.4) is 0 Å². The molecule has 6 heteroatoms.